The Bertz CT molecular complexity index is 196. The van der Waals surface area contributed by atoms with Gasteiger partial charge in [0.2, 0.25) is 5.91 Å². The third-order valence-corrected chi connectivity index (χ3v) is 3.12. The van der Waals surface area contributed by atoms with Gasteiger partial charge in [-0.1, -0.05) is 6.92 Å². The molecule has 1 atom stereocenters. The summed E-state index contributed by atoms with van der Waals surface area (Å²) in [6.07, 6.45) is 0. The Morgan fingerprint density at radius 3 is 2.92 bits per heavy atom. The second kappa shape index (κ2) is 4.57. The van der Waals surface area contributed by atoms with E-state index in [2.05, 4.69) is 5.32 Å². The molecule has 0 radical (unpaired) electrons. The van der Waals surface area contributed by atoms with E-state index in [0.29, 0.717) is 31.3 Å². The minimum Gasteiger partial charge on any atom is -0.328 e. The molecular formula is C7H14N2O2S. The number of carbonyl (C=O) groups excluding carboxylic acids is 1. The van der Waals surface area contributed by atoms with E-state index >= 15 is 0 Å². The molecule has 5 heteroatoms. The molecule has 1 N–H and O–H groups in total. The highest BCUT2D eigenvalue weighted by molar-refractivity contribution is 7.84. The van der Waals surface area contributed by atoms with E-state index in [1.54, 1.807) is 4.90 Å². The molecule has 1 unspecified atom stereocenters. The van der Waals surface area contributed by atoms with E-state index in [4.69, 9.17) is 0 Å². The Morgan fingerprint density at radius 1 is 1.67 bits per heavy atom. The maximum atomic E-state index is 11.0. The molecule has 4 nitrogen and oxygen atoms in total. The van der Waals surface area contributed by atoms with Crippen LogP contribution in [0.3, 0.4) is 0 Å². The van der Waals surface area contributed by atoms with Gasteiger partial charge in [-0.05, 0) is 0 Å². The summed E-state index contributed by atoms with van der Waals surface area (Å²) in [6, 6.07) is 0. The van der Waals surface area contributed by atoms with E-state index in [-0.39, 0.29) is 5.91 Å². The molecule has 1 amide bonds. The standard InChI is InChI=1S/C7H14N2O2S/c1-2-12(11)4-3-9-6-8-5-7(9)10/h8H,2-6H2,1H3. The topological polar surface area (TPSA) is 49.4 Å². The maximum absolute atomic E-state index is 11.0. The van der Waals surface area contributed by atoms with E-state index in [9.17, 15) is 9.00 Å². The van der Waals surface area contributed by atoms with Crippen molar-refractivity contribution in [1.82, 2.24) is 10.2 Å². The minimum atomic E-state index is -0.760. The van der Waals surface area contributed by atoms with Gasteiger partial charge in [-0.15, -0.1) is 0 Å². The van der Waals surface area contributed by atoms with Crippen molar-refractivity contribution >= 4 is 16.7 Å². The second-order valence-corrected chi connectivity index (χ2v) is 4.54. The molecule has 0 aromatic heterocycles. The third kappa shape index (κ3) is 2.57. The van der Waals surface area contributed by atoms with Crippen molar-refractivity contribution in [2.45, 2.75) is 6.92 Å². The van der Waals surface area contributed by atoms with Gasteiger partial charge < -0.3 is 4.90 Å². The Labute approximate surface area is 74.8 Å². The summed E-state index contributed by atoms with van der Waals surface area (Å²) in [5.74, 6) is 1.39. The van der Waals surface area contributed by atoms with Gasteiger partial charge in [-0.3, -0.25) is 14.3 Å². The van der Waals surface area contributed by atoms with Crippen molar-refractivity contribution in [3.63, 3.8) is 0 Å². The zero-order valence-electron chi connectivity index (χ0n) is 7.21. The SMILES string of the molecule is CCS(=O)CCN1CNCC1=O. The zero-order valence-corrected chi connectivity index (χ0v) is 8.02. The average molecular weight is 190 g/mol. The quantitative estimate of drug-likeness (QED) is 0.628. The van der Waals surface area contributed by atoms with Crippen molar-refractivity contribution < 1.29 is 9.00 Å². The molecule has 1 aliphatic rings. The van der Waals surface area contributed by atoms with Crippen LogP contribution in [0.4, 0.5) is 0 Å². The molecule has 0 bridgehead atoms. The summed E-state index contributed by atoms with van der Waals surface area (Å²) in [7, 11) is -0.760. The molecule has 0 aromatic rings. The van der Waals surface area contributed by atoms with Crippen LogP contribution in [0.15, 0.2) is 0 Å². The van der Waals surface area contributed by atoms with Gasteiger partial charge in [-0.25, -0.2) is 0 Å². The molecule has 1 heterocycles. The monoisotopic (exact) mass is 190 g/mol. The molecule has 1 fully saturated rings. The average Bonchev–Trinajstić information content (AvgIpc) is 2.47. The lowest BCUT2D eigenvalue weighted by atomic mass is 10.5. The van der Waals surface area contributed by atoms with Crippen molar-refractivity contribution in [1.29, 1.82) is 0 Å². The first kappa shape index (κ1) is 9.67. The van der Waals surface area contributed by atoms with Crippen LogP contribution in [0.25, 0.3) is 0 Å². The van der Waals surface area contributed by atoms with Gasteiger partial charge in [0.25, 0.3) is 0 Å². The molecule has 1 saturated heterocycles. The molecule has 0 aromatic carbocycles. The Morgan fingerprint density at radius 2 is 2.42 bits per heavy atom. The lowest BCUT2D eigenvalue weighted by molar-refractivity contribution is -0.126. The van der Waals surface area contributed by atoms with Crippen LogP contribution < -0.4 is 5.32 Å². The first-order chi connectivity index (χ1) is 5.74. The summed E-state index contributed by atoms with van der Waals surface area (Å²) < 4.78 is 11.0. The lowest BCUT2D eigenvalue weighted by Gasteiger charge is -2.13. The third-order valence-electron chi connectivity index (χ3n) is 1.84. The van der Waals surface area contributed by atoms with Crippen LogP contribution in [0.5, 0.6) is 0 Å². The highest BCUT2D eigenvalue weighted by atomic mass is 32.2. The molecule has 1 aliphatic heterocycles. The molecule has 0 saturated carbocycles. The highest BCUT2D eigenvalue weighted by Crippen LogP contribution is 1.95. The molecule has 1 rings (SSSR count). The van der Waals surface area contributed by atoms with Crippen LogP contribution in [-0.4, -0.2) is 46.3 Å². The van der Waals surface area contributed by atoms with Crippen molar-refractivity contribution in [2.75, 3.05) is 31.3 Å². The van der Waals surface area contributed by atoms with Gasteiger partial charge in [0.05, 0.1) is 13.2 Å². The molecule has 0 aliphatic carbocycles. The molecule has 12 heavy (non-hydrogen) atoms. The van der Waals surface area contributed by atoms with Crippen molar-refractivity contribution in [2.24, 2.45) is 0 Å². The molecule has 70 valence electrons. The van der Waals surface area contributed by atoms with Crippen LogP contribution in [0.2, 0.25) is 0 Å². The van der Waals surface area contributed by atoms with Gasteiger partial charge in [0, 0.05) is 28.9 Å². The van der Waals surface area contributed by atoms with Gasteiger partial charge >= 0.3 is 0 Å². The van der Waals surface area contributed by atoms with E-state index in [1.807, 2.05) is 6.92 Å². The molecular weight excluding hydrogens is 176 g/mol. The maximum Gasteiger partial charge on any atom is 0.237 e. The van der Waals surface area contributed by atoms with Crippen LogP contribution in [0.1, 0.15) is 6.92 Å². The minimum absolute atomic E-state index is 0.114. The number of nitrogens with one attached hydrogen (secondary N) is 1. The Kier molecular flexibility index (Phi) is 3.68. The van der Waals surface area contributed by atoms with Crippen molar-refractivity contribution in [3.8, 4) is 0 Å². The fourth-order valence-corrected chi connectivity index (χ4v) is 1.77. The first-order valence-corrected chi connectivity index (χ1v) is 5.56. The lowest BCUT2D eigenvalue weighted by Crippen LogP contribution is -2.30. The number of nitrogens with zero attached hydrogens (tertiary/aromatic N) is 1. The van der Waals surface area contributed by atoms with Gasteiger partial charge in [0.1, 0.15) is 0 Å². The van der Waals surface area contributed by atoms with Crippen LogP contribution in [0, 0.1) is 0 Å². The van der Waals surface area contributed by atoms with Gasteiger partial charge in [0.15, 0.2) is 0 Å². The summed E-state index contributed by atoms with van der Waals surface area (Å²) >= 11 is 0. The van der Waals surface area contributed by atoms with E-state index in [1.165, 1.54) is 0 Å². The molecule has 0 spiro atoms. The van der Waals surface area contributed by atoms with E-state index in [0.717, 1.165) is 0 Å². The predicted octanol–water partition coefficient (Wildman–Crippen LogP) is -0.856. The first-order valence-electron chi connectivity index (χ1n) is 4.07. The highest BCUT2D eigenvalue weighted by Gasteiger charge is 2.18. The Hall–Kier alpha value is -0.420. The number of hydrogen-bond donors (Lipinski definition) is 1. The number of amides is 1. The second-order valence-electron chi connectivity index (χ2n) is 2.67. The largest absolute Gasteiger partial charge is 0.328 e. The van der Waals surface area contributed by atoms with Gasteiger partial charge in [-0.2, -0.15) is 0 Å². The zero-order chi connectivity index (χ0) is 8.97. The number of carbonyl (C=O) groups is 1. The van der Waals surface area contributed by atoms with E-state index < -0.39 is 10.8 Å². The summed E-state index contributed by atoms with van der Waals surface area (Å²) in [4.78, 5) is 12.7. The summed E-state index contributed by atoms with van der Waals surface area (Å²) in [5, 5.41) is 2.94. The fourth-order valence-electron chi connectivity index (χ4n) is 1.06. The smallest absolute Gasteiger partial charge is 0.237 e. The number of rotatable bonds is 4. The summed E-state index contributed by atoms with van der Waals surface area (Å²) in [6.45, 7) is 3.55. The normalized spacial score (nSPS) is 20.1. The number of hydrogen-bond acceptors (Lipinski definition) is 3. The fraction of sp³-hybridized carbons (Fsp3) is 0.857. The van der Waals surface area contributed by atoms with Crippen LogP contribution >= 0.6 is 0 Å². The predicted molar refractivity (Wildman–Crippen MR) is 48.1 cm³/mol. The van der Waals surface area contributed by atoms with Crippen molar-refractivity contribution in [3.05, 3.63) is 0 Å². The Balaban J connectivity index is 2.22. The van der Waals surface area contributed by atoms with Crippen LogP contribution in [-0.2, 0) is 15.6 Å². The summed E-state index contributed by atoms with van der Waals surface area (Å²) in [5.41, 5.74) is 0.